The first-order valence-corrected chi connectivity index (χ1v) is 8.02. The van der Waals surface area contributed by atoms with Crippen molar-refractivity contribution in [2.75, 3.05) is 19.3 Å². The second-order valence-electron chi connectivity index (χ2n) is 5.39. The molecule has 1 saturated heterocycles. The van der Waals surface area contributed by atoms with E-state index in [0.29, 0.717) is 11.2 Å². The third kappa shape index (κ3) is 3.39. The van der Waals surface area contributed by atoms with Crippen molar-refractivity contribution < 1.29 is 14.6 Å². The molecule has 104 valence electrons. The second-order valence-corrected chi connectivity index (χ2v) is 6.66. The third-order valence-electron chi connectivity index (χ3n) is 4.15. The lowest BCUT2D eigenvalue weighted by Gasteiger charge is -2.27. The quantitative estimate of drug-likeness (QED) is 0.774. The van der Waals surface area contributed by atoms with Crippen LogP contribution in [0.4, 0.5) is 0 Å². The molecular formula is C13H23NO3S. The molecule has 1 aliphatic carbocycles. The van der Waals surface area contributed by atoms with Crippen molar-refractivity contribution in [1.82, 2.24) is 5.32 Å². The molecule has 0 aromatic heterocycles. The molecule has 0 amide bonds. The van der Waals surface area contributed by atoms with Gasteiger partial charge in [0.2, 0.25) is 0 Å². The smallest absolute Gasteiger partial charge is 0.332 e. The number of ether oxygens (including phenoxy) is 1. The standard InChI is InChI=1S/C13H23NO3S/c1-18-13(6-2-3-7-13)9-14-8-10-4-5-11(17-10)12(15)16/h10-11,14H,2-9H2,1H3,(H,15,16). The van der Waals surface area contributed by atoms with E-state index in [-0.39, 0.29) is 6.10 Å². The van der Waals surface area contributed by atoms with E-state index in [1.807, 2.05) is 11.8 Å². The SMILES string of the molecule is CSC1(CNCC2CCC(C(=O)O)O2)CCCC1. The zero-order valence-corrected chi connectivity index (χ0v) is 11.8. The van der Waals surface area contributed by atoms with Gasteiger partial charge in [-0.2, -0.15) is 11.8 Å². The summed E-state index contributed by atoms with van der Waals surface area (Å²) < 4.78 is 5.89. The van der Waals surface area contributed by atoms with Crippen molar-refractivity contribution in [3.8, 4) is 0 Å². The fraction of sp³-hybridized carbons (Fsp3) is 0.923. The largest absolute Gasteiger partial charge is 0.479 e. The lowest BCUT2D eigenvalue weighted by atomic mass is 10.1. The van der Waals surface area contributed by atoms with Gasteiger partial charge in [-0.1, -0.05) is 12.8 Å². The molecule has 0 aromatic carbocycles. The molecule has 0 bridgehead atoms. The lowest BCUT2D eigenvalue weighted by molar-refractivity contribution is -0.149. The molecule has 1 saturated carbocycles. The number of thioether (sulfide) groups is 1. The van der Waals surface area contributed by atoms with E-state index in [0.717, 1.165) is 19.5 Å². The minimum Gasteiger partial charge on any atom is -0.479 e. The van der Waals surface area contributed by atoms with Crippen LogP contribution in [0.3, 0.4) is 0 Å². The molecule has 2 atom stereocenters. The maximum Gasteiger partial charge on any atom is 0.332 e. The molecule has 0 aromatic rings. The molecule has 2 unspecified atom stereocenters. The summed E-state index contributed by atoms with van der Waals surface area (Å²) in [6, 6.07) is 0. The van der Waals surface area contributed by atoms with Gasteiger partial charge in [0, 0.05) is 17.8 Å². The van der Waals surface area contributed by atoms with Crippen molar-refractivity contribution in [2.45, 2.75) is 55.5 Å². The Balaban J connectivity index is 1.68. The number of carboxylic acid groups (broad SMARTS) is 1. The van der Waals surface area contributed by atoms with Crippen LogP contribution in [0, 0.1) is 0 Å². The van der Waals surface area contributed by atoms with Gasteiger partial charge in [0.25, 0.3) is 0 Å². The number of aliphatic carboxylic acids is 1. The average molecular weight is 273 g/mol. The molecule has 0 spiro atoms. The van der Waals surface area contributed by atoms with Crippen LogP contribution in [0.1, 0.15) is 38.5 Å². The van der Waals surface area contributed by atoms with Crippen molar-refractivity contribution in [3.63, 3.8) is 0 Å². The van der Waals surface area contributed by atoms with Crippen LogP contribution in [0.25, 0.3) is 0 Å². The zero-order valence-electron chi connectivity index (χ0n) is 11.0. The van der Waals surface area contributed by atoms with E-state index >= 15 is 0 Å². The predicted molar refractivity (Wildman–Crippen MR) is 73.1 cm³/mol. The van der Waals surface area contributed by atoms with Crippen molar-refractivity contribution >= 4 is 17.7 Å². The molecule has 2 rings (SSSR count). The highest BCUT2D eigenvalue weighted by Gasteiger charge is 2.34. The summed E-state index contributed by atoms with van der Waals surface area (Å²) in [6.45, 7) is 1.80. The molecule has 2 fully saturated rings. The second kappa shape index (κ2) is 6.26. The van der Waals surface area contributed by atoms with E-state index in [1.165, 1.54) is 25.7 Å². The summed E-state index contributed by atoms with van der Waals surface area (Å²) in [4.78, 5) is 10.8. The fourth-order valence-corrected chi connectivity index (χ4v) is 3.91. The first-order chi connectivity index (χ1) is 8.65. The Bertz CT molecular complexity index is 292. The summed E-state index contributed by atoms with van der Waals surface area (Å²) in [5.41, 5.74) is 0. The molecular weight excluding hydrogens is 250 g/mol. The number of carbonyl (C=O) groups is 1. The highest BCUT2D eigenvalue weighted by Crippen LogP contribution is 2.39. The summed E-state index contributed by atoms with van der Waals surface area (Å²) >= 11 is 1.97. The van der Waals surface area contributed by atoms with Crippen LogP contribution in [-0.4, -0.2) is 47.4 Å². The van der Waals surface area contributed by atoms with Crippen LogP contribution >= 0.6 is 11.8 Å². The van der Waals surface area contributed by atoms with E-state index in [9.17, 15) is 4.79 Å². The van der Waals surface area contributed by atoms with Crippen molar-refractivity contribution in [2.24, 2.45) is 0 Å². The Morgan fingerprint density at radius 2 is 2.17 bits per heavy atom. The number of nitrogens with one attached hydrogen (secondary N) is 1. The summed E-state index contributed by atoms with van der Waals surface area (Å²) in [5.74, 6) is -0.825. The number of hydrogen-bond donors (Lipinski definition) is 2. The molecule has 4 nitrogen and oxygen atoms in total. The predicted octanol–water partition coefficient (Wildman–Crippen LogP) is 1.88. The van der Waals surface area contributed by atoms with Gasteiger partial charge >= 0.3 is 5.97 Å². The summed E-state index contributed by atoms with van der Waals surface area (Å²) in [7, 11) is 0. The Kier molecular flexibility index (Phi) is 4.92. The van der Waals surface area contributed by atoms with Gasteiger partial charge < -0.3 is 15.2 Å². The van der Waals surface area contributed by atoms with Crippen molar-refractivity contribution in [3.05, 3.63) is 0 Å². The molecule has 1 aliphatic heterocycles. The van der Waals surface area contributed by atoms with E-state index in [2.05, 4.69) is 11.6 Å². The van der Waals surface area contributed by atoms with Crippen LogP contribution in [0.5, 0.6) is 0 Å². The number of carboxylic acids is 1. The highest BCUT2D eigenvalue weighted by atomic mass is 32.2. The van der Waals surface area contributed by atoms with E-state index in [1.54, 1.807) is 0 Å². The van der Waals surface area contributed by atoms with Crippen LogP contribution in [0.2, 0.25) is 0 Å². The Morgan fingerprint density at radius 3 is 2.72 bits per heavy atom. The minimum atomic E-state index is -0.825. The maximum absolute atomic E-state index is 10.8. The van der Waals surface area contributed by atoms with Gasteiger partial charge in [-0.3, -0.25) is 0 Å². The van der Waals surface area contributed by atoms with Gasteiger partial charge in [0.1, 0.15) is 0 Å². The minimum absolute atomic E-state index is 0.0754. The molecule has 0 radical (unpaired) electrons. The van der Waals surface area contributed by atoms with Gasteiger partial charge in [0.05, 0.1) is 6.10 Å². The Morgan fingerprint density at radius 1 is 1.44 bits per heavy atom. The molecule has 1 heterocycles. The Labute approximate surface area is 113 Å². The zero-order chi connectivity index (χ0) is 13.0. The molecule has 2 N–H and O–H groups in total. The first-order valence-electron chi connectivity index (χ1n) is 6.79. The monoisotopic (exact) mass is 273 g/mol. The van der Waals surface area contributed by atoms with Gasteiger partial charge in [-0.25, -0.2) is 4.79 Å². The van der Waals surface area contributed by atoms with E-state index < -0.39 is 12.1 Å². The van der Waals surface area contributed by atoms with Crippen LogP contribution in [0.15, 0.2) is 0 Å². The maximum atomic E-state index is 10.8. The lowest BCUT2D eigenvalue weighted by Crippen LogP contribution is -2.39. The van der Waals surface area contributed by atoms with E-state index in [4.69, 9.17) is 9.84 Å². The molecule has 5 heteroatoms. The number of rotatable bonds is 6. The normalized spacial score (nSPS) is 30.7. The summed E-state index contributed by atoms with van der Waals surface area (Å²) in [6.07, 6.45) is 8.46. The van der Waals surface area contributed by atoms with Crippen LogP contribution in [-0.2, 0) is 9.53 Å². The van der Waals surface area contributed by atoms with Gasteiger partial charge in [-0.15, -0.1) is 0 Å². The van der Waals surface area contributed by atoms with Gasteiger partial charge in [-0.05, 0) is 31.9 Å². The fourth-order valence-electron chi connectivity index (χ4n) is 2.97. The summed E-state index contributed by atoms with van der Waals surface area (Å²) in [5, 5.41) is 12.3. The first kappa shape index (κ1) is 14.2. The van der Waals surface area contributed by atoms with Crippen LogP contribution < -0.4 is 5.32 Å². The highest BCUT2D eigenvalue weighted by molar-refractivity contribution is 8.00. The van der Waals surface area contributed by atoms with Crippen molar-refractivity contribution in [1.29, 1.82) is 0 Å². The topological polar surface area (TPSA) is 58.6 Å². The molecule has 18 heavy (non-hydrogen) atoms. The Hall–Kier alpha value is -0.260. The average Bonchev–Trinajstić information content (AvgIpc) is 2.98. The number of hydrogen-bond acceptors (Lipinski definition) is 4. The molecule has 2 aliphatic rings. The van der Waals surface area contributed by atoms with Gasteiger partial charge in [0.15, 0.2) is 6.10 Å². The third-order valence-corrected chi connectivity index (χ3v) is 5.57.